The first-order valence-electron chi connectivity index (χ1n) is 5.58. The van der Waals surface area contributed by atoms with Crippen LogP contribution in [0.15, 0.2) is 30.6 Å². The summed E-state index contributed by atoms with van der Waals surface area (Å²) in [4.78, 5) is 20.8. The number of carbonyl (C=O) groups excluding carboxylic acids is 1. The van der Waals surface area contributed by atoms with Crippen LogP contribution in [0.3, 0.4) is 0 Å². The lowest BCUT2D eigenvalue weighted by Gasteiger charge is -2.16. The Morgan fingerprint density at radius 1 is 1.50 bits per heavy atom. The molecule has 0 aliphatic rings. The van der Waals surface area contributed by atoms with Gasteiger partial charge in [-0.3, -0.25) is 4.79 Å². The highest BCUT2D eigenvalue weighted by Gasteiger charge is 2.13. The molecule has 1 heterocycles. The van der Waals surface area contributed by atoms with E-state index in [1.165, 1.54) is 0 Å². The van der Waals surface area contributed by atoms with E-state index >= 15 is 0 Å². The highest BCUT2D eigenvalue weighted by atomic mass is 35.5. The number of aromatic amines is 1. The number of aromatic nitrogens is 2. The van der Waals surface area contributed by atoms with Gasteiger partial charge in [0.05, 0.1) is 6.54 Å². The molecule has 0 aliphatic carbocycles. The van der Waals surface area contributed by atoms with Crippen LogP contribution in [0.4, 0.5) is 0 Å². The van der Waals surface area contributed by atoms with Gasteiger partial charge in [0.15, 0.2) is 0 Å². The van der Waals surface area contributed by atoms with E-state index in [4.69, 9.17) is 11.6 Å². The molecule has 1 N–H and O–H groups in total. The van der Waals surface area contributed by atoms with Gasteiger partial charge in [0.25, 0.3) is 5.91 Å². The number of nitrogens with zero attached hydrogens (tertiary/aromatic N) is 2. The summed E-state index contributed by atoms with van der Waals surface area (Å²) in [6, 6.07) is 5.32. The monoisotopic (exact) mass is 263 g/mol. The van der Waals surface area contributed by atoms with Gasteiger partial charge < -0.3 is 9.88 Å². The smallest absolute Gasteiger partial charge is 0.254 e. The van der Waals surface area contributed by atoms with Gasteiger partial charge in [-0.2, -0.15) is 0 Å². The van der Waals surface area contributed by atoms with Gasteiger partial charge in [-0.25, -0.2) is 4.98 Å². The van der Waals surface area contributed by atoms with E-state index in [1.807, 2.05) is 13.0 Å². The van der Waals surface area contributed by atoms with E-state index < -0.39 is 0 Å². The Balaban J connectivity index is 2.12. The van der Waals surface area contributed by atoms with Crippen LogP contribution >= 0.6 is 11.6 Å². The molecule has 0 saturated heterocycles. The molecular formula is C13H14ClN3O. The lowest BCUT2D eigenvalue weighted by Crippen LogP contribution is -2.26. The van der Waals surface area contributed by atoms with E-state index in [2.05, 4.69) is 9.97 Å². The number of imidazole rings is 1. The van der Waals surface area contributed by atoms with Gasteiger partial charge in [-0.1, -0.05) is 17.7 Å². The lowest BCUT2D eigenvalue weighted by atomic mass is 10.1. The van der Waals surface area contributed by atoms with Crippen LogP contribution in [-0.2, 0) is 6.54 Å². The fraction of sp³-hybridized carbons (Fsp3) is 0.231. The summed E-state index contributed by atoms with van der Waals surface area (Å²) < 4.78 is 0. The van der Waals surface area contributed by atoms with Crippen molar-refractivity contribution in [2.24, 2.45) is 0 Å². The maximum absolute atomic E-state index is 12.2. The number of amides is 1. The number of nitrogens with one attached hydrogen (secondary N) is 1. The fourth-order valence-electron chi connectivity index (χ4n) is 1.63. The minimum Gasteiger partial charge on any atom is -0.347 e. The number of carbonyl (C=O) groups is 1. The van der Waals surface area contributed by atoms with E-state index in [0.717, 1.165) is 11.4 Å². The van der Waals surface area contributed by atoms with Gasteiger partial charge in [-0.15, -0.1) is 0 Å². The maximum Gasteiger partial charge on any atom is 0.254 e. The predicted molar refractivity (Wildman–Crippen MR) is 70.6 cm³/mol. The number of halogens is 1. The van der Waals surface area contributed by atoms with Crippen LogP contribution in [0.1, 0.15) is 21.7 Å². The van der Waals surface area contributed by atoms with Gasteiger partial charge in [0, 0.05) is 30.0 Å². The van der Waals surface area contributed by atoms with Crippen molar-refractivity contribution in [3.05, 3.63) is 52.6 Å². The summed E-state index contributed by atoms with van der Waals surface area (Å²) in [5, 5.41) is 0.604. The summed E-state index contributed by atoms with van der Waals surface area (Å²) >= 11 is 6.02. The lowest BCUT2D eigenvalue weighted by molar-refractivity contribution is 0.0782. The number of H-pyrrole nitrogens is 1. The molecule has 0 fully saturated rings. The molecule has 0 bridgehead atoms. The SMILES string of the molecule is Cc1ccc(C(=O)N(C)Cc2ncc[nH]2)cc1Cl. The number of benzene rings is 1. The molecule has 94 valence electrons. The van der Waals surface area contributed by atoms with Crippen molar-refractivity contribution in [3.63, 3.8) is 0 Å². The molecule has 2 aromatic rings. The topological polar surface area (TPSA) is 49.0 Å². The number of rotatable bonds is 3. The van der Waals surface area contributed by atoms with Crippen molar-refractivity contribution in [2.75, 3.05) is 7.05 Å². The van der Waals surface area contributed by atoms with Gasteiger partial charge in [-0.05, 0) is 24.6 Å². The minimum atomic E-state index is -0.0756. The average molecular weight is 264 g/mol. The second-order valence-electron chi connectivity index (χ2n) is 4.16. The average Bonchev–Trinajstić information content (AvgIpc) is 2.84. The Morgan fingerprint density at radius 2 is 2.28 bits per heavy atom. The highest BCUT2D eigenvalue weighted by molar-refractivity contribution is 6.31. The van der Waals surface area contributed by atoms with Gasteiger partial charge in [0.2, 0.25) is 0 Å². The van der Waals surface area contributed by atoms with Crippen molar-refractivity contribution < 1.29 is 4.79 Å². The minimum absolute atomic E-state index is 0.0756. The Kier molecular flexibility index (Phi) is 3.67. The van der Waals surface area contributed by atoms with Crippen molar-refractivity contribution in [1.82, 2.24) is 14.9 Å². The van der Waals surface area contributed by atoms with E-state index in [0.29, 0.717) is 17.1 Å². The molecule has 0 atom stereocenters. The molecule has 18 heavy (non-hydrogen) atoms. The summed E-state index contributed by atoms with van der Waals surface area (Å²) in [6.45, 7) is 2.35. The largest absolute Gasteiger partial charge is 0.347 e. The van der Waals surface area contributed by atoms with Crippen LogP contribution in [0, 0.1) is 6.92 Å². The number of aryl methyl sites for hydroxylation is 1. The van der Waals surface area contributed by atoms with Crippen molar-refractivity contribution in [3.8, 4) is 0 Å². The molecule has 0 spiro atoms. The fourth-order valence-corrected chi connectivity index (χ4v) is 1.81. The van der Waals surface area contributed by atoms with Crippen molar-refractivity contribution >= 4 is 17.5 Å². The molecule has 1 aromatic carbocycles. The highest BCUT2D eigenvalue weighted by Crippen LogP contribution is 2.17. The molecular weight excluding hydrogens is 250 g/mol. The van der Waals surface area contributed by atoms with Crippen LogP contribution < -0.4 is 0 Å². The molecule has 0 saturated carbocycles. The van der Waals surface area contributed by atoms with E-state index in [9.17, 15) is 4.79 Å². The maximum atomic E-state index is 12.2. The Morgan fingerprint density at radius 3 is 2.89 bits per heavy atom. The van der Waals surface area contributed by atoms with Crippen molar-refractivity contribution in [1.29, 1.82) is 0 Å². The third-order valence-corrected chi connectivity index (χ3v) is 3.11. The normalized spacial score (nSPS) is 10.4. The van der Waals surface area contributed by atoms with Gasteiger partial charge >= 0.3 is 0 Å². The first-order valence-corrected chi connectivity index (χ1v) is 5.95. The zero-order valence-corrected chi connectivity index (χ0v) is 11.0. The summed E-state index contributed by atoms with van der Waals surface area (Å²) in [5.41, 5.74) is 1.54. The first kappa shape index (κ1) is 12.6. The molecule has 1 aromatic heterocycles. The Bertz CT molecular complexity index is 551. The molecule has 4 nitrogen and oxygen atoms in total. The zero-order chi connectivity index (χ0) is 13.1. The second kappa shape index (κ2) is 5.23. The third kappa shape index (κ3) is 2.71. The van der Waals surface area contributed by atoms with Crippen LogP contribution in [0.25, 0.3) is 0 Å². The Hall–Kier alpha value is -1.81. The predicted octanol–water partition coefficient (Wildman–Crippen LogP) is 2.64. The summed E-state index contributed by atoms with van der Waals surface area (Å²) in [5.74, 6) is 0.678. The molecule has 1 amide bonds. The standard InChI is InChI=1S/C13H14ClN3O/c1-9-3-4-10(7-11(9)14)13(18)17(2)8-12-15-5-6-16-12/h3-7H,8H2,1-2H3,(H,15,16). The summed E-state index contributed by atoms with van der Waals surface area (Å²) in [6.07, 6.45) is 3.40. The third-order valence-electron chi connectivity index (χ3n) is 2.71. The molecule has 0 radical (unpaired) electrons. The Labute approximate surface area is 111 Å². The summed E-state index contributed by atoms with van der Waals surface area (Å²) in [7, 11) is 1.73. The molecule has 0 aliphatic heterocycles. The van der Waals surface area contributed by atoms with E-state index in [1.54, 1.807) is 36.5 Å². The van der Waals surface area contributed by atoms with Crippen LogP contribution in [0.2, 0.25) is 5.02 Å². The zero-order valence-electron chi connectivity index (χ0n) is 10.3. The molecule has 2 rings (SSSR count). The number of hydrogen-bond donors (Lipinski definition) is 1. The first-order chi connectivity index (χ1) is 8.58. The number of hydrogen-bond acceptors (Lipinski definition) is 2. The van der Waals surface area contributed by atoms with Crippen molar-refractivity contribution in [2.45, 2.75) is 13.5 Å². The molecule has 5 heteroatoms. The van der Waals surface area contributed by atoms with Crippen LogP contribution in [-0.4, -0.2) is 27.8 Å². The quantitative estimate of drug-likeness (QED) is 0.926. The molecule has 0 unspecified atom stereocenters. The second-order valence-corrected chi connectivity index (χ2v) is 4.57. The van der Waals surface area contributed by atoms with Gasteiger partial charge in [0.1, 0.15) is 5.82 Å². The van der Waals surface area contributed by atoms with E-state index in [-0.39, 0.29) is 5.91 Å². The van der Waals surface area contributed by atoms with Crippen LogP contribution in [0.5, 0.6) is 0 Å².